The molecule has 0 saturated heterocycles. The first-order valence-electron chi connectivity index (χ1n) is 11.5. The van der Waals surface area contributed by atoms with Gasteiger partial charge in [-0.05, 0) is 36.4 Å². The summed E-state index contributed by atoms with van der Waals surface area (Å²) < 4.78 is 128. The lowest BCUT2D eigenvalue weighted by Crippen LogP contribution is -2.10. The molecule has 0 aromatic heterocycles. The van der Waals surface area contributed by atoms with E-state index in [2.05, 4.69) is 0 Å². The van der Waals surface area contributed by atoms with Crippen LogP contribution in [0.15, 0.2) is 60.7 Å². The van der Waals surface area contributed by atoms with Crippen LogP contribution in [0.2, 0.25) is 15.1 Å². The highest BCUT2D eigenvalue weighted by molar-refractivity contribution is 6.38. The Labute approximate surface area is 255 Å². The molecule has 0 aliphatic heterocycles. The molecule has 44 heavy (non-hydrogen) atoms. The Morgan fingerprint density at radius 1 is 0.682 bits per heavy atom. The summed E-state index contributed by atoms with van der Waals surface area (Å²) >= 11 is 18.5. The molecule has 0 atom stereocenters. The zero-order valence-electron chi connectivity index (χ0n) is 20.9. The summed E-state index contributed by atoms with van der Waals surface area (Å²) in [6, 6.07) is 5.94. The van der Waals surface area contributed by atoms with Crippen LogP contribution >= 0.6 is 34.8 Å². The van der Waals surface area contributed by atoms with Gasteiger partial charge in [0.25, 0.3) is 0 Å². The van der Waals surface area contributed by atoms with Crippen LogP contribution in [0.5, 0.6) is 17.2 Å². The summed E-state index contributed by atoms with van der Waals surface area (Å²) in [5.41, 5.74) is -7.56. The van der Waals surface area contributed by atoms with E-state index in [1.54, 1.807) is 0 Å². The van der Waals surface area contributed by atoms with E-state index in [-0.39, 0.29) is 0 Å². The molecule has 0 saturated carbocycles. The van der Waals surface area contributed by atoms with E-state index in [0.717, 1.165) is 18.2 Å². The molecule has 0 heterocycles. The van der Waals surface area contributed by atoms with Gasteiger partial charge in [0.05, 0.1) is 26.6 Å². The Bertz CT molecular complexity index is 1790. The van der Waals surface area contributed by atoms with E-state index in [1.165, 1.54) is 0 Å². The van der Waals surface area contributed by atoms with E-state index in [1.807, 2.05) is 0 Å². The first-order chi connectivity index (χ1) is 20.2. The molecule has 0 radical (unpaired) electrons. The Balaban J connectivity index is 2.07. The number of nitro groups is 1. The highest BCUT2D eigenvalue weighted by Gasteiger charge is 2.39. The topological polar surface area (TPSA) is 72.6 Å². The summed E-state index contributed by atoms with van der Waals surface area (Å²) in [4.78, 5) is 10.1. The summed E-state index contributed by atoms with van der Waals surface area (Å²) in [7, 11) is 0. The normalized spacial score (nSPS) is 12.4. The minimum Gasteiger partial charge on any atom is -0.502 e. The second-order valence-electron chi connectivity index (χ2n) is 8.88. The van der Waals surface area contributed by atoms with Gasteiger partial charge in [-0.25, -0.2) is 0 Å². The lowest BCUT2D eigenvalue weighted by Gasteiger charge is -2.23. The van der Waals surface area contributed by atoms with Crippen LogP contribution in [0, 0.1) is 10.1 Å². The van der Waals surface area contributed by atoms with Crippen LogP contribution in [0.25, 0.3) is 22.3 Å². The van der Waals surface area contributed by atoms with Crippen molar-refractivity contribution in [2.75, 3.05) is 0 Å². The summed E-state index contributed by atoms with van der Waals surface area (Å²) in [6.07, 6.45) is -15.1. The Hall–Kier alpha value is -3.88. The van der Waals surface area contributed by atoms with Gasteiger partial charge in [-0.3, -0.25) is 10.1 Å². The number of hydrogen-bond donors (Lipinski definition) is 1. The van der Waals surface area contributed by atoms with E-state index in [9.17, 15) is 54.7 Å². The van der Waals surface area contributed by atoms with E-state index in [0.29, 0.717) is 42.5 Å². The molecule has 4 aromatic rings. The minimum atomic E-state index is -5.28. The van der Waals surface area contributed by atoms with Crippen molar-refractivity contribution in [3.05, 3.63) is 103 Å². The number of hydrogen-bond acceptors (Lipinski definition) is 4. The number of rotatable bonds is 5. The van der Waals surface area contributed by atoms with Gasteiger partial charge < -0.3 is 9.84 Å². The van der Waals surface area contributed by atoms with Gasteiger partial charge in [0.15, 0.2) is 11.5 Å². The average molecular weight is 691 g/mol. The Morgan fingerprint density at radius 3 is 1.64 bits per heavy atom. The lowest BCUT2D eigenvalue weighted by molar-refractivity contribution is -0.385. The number of benzene rings is 4. The van der Waals surface area contributed by atoms with Crippen molar-refractivity contribution in [3.8, 4) is 39.5 Å². The van der Waals surface area contributed by atoms with Crippen molar-refractivity contribution in [1.82, 2.24) is 0 Å². The maximum atomic E-state index is 14.5. The number of halogens is 12. The molecule has 17 heteroatoms. The monoisotopic (exact) mass is 689 g/mol. The molecule has 5 nitrogen and oxygen atoms in total. The maximum absolute atomic E-state index is 14.5. The fraction of sp³-hybridized carbons (Fsp3) is 0.111. The first kappa shape index (κ1) is 33.0. The number of nitro benzene ring substituents is 1. The van der Waals surface area contributed by atoms with Crippen molar-refractivity contribution in [1.29, 1.82) is 0 Å². The molecule has 0 fully saturated rings. The molecule has 0 amide bonds. The Kier molecular flexibility index (Phi) is 8.68. The standard InChI is InChI=1S/C27H11Cl3F9NO4/c28-18-7-11(25(31,32)33)1-4-14(18)16-10-17(27(37,38)39)22(15-5-2-12(8-19(15)29)26(34,35)36)23(30)24(16)44-13-3-6-20(40(42)43)21(41)9-13/h1-10,41H. The number of ether oxygens (including phenoxy) is 1. The zero-order valence-corrected chi connectivity index (χ0v) is 23.2. The fourth-order valence-corrected chi connectivity index (χ4v) is 4.96. The molecule has 0 aliphatic carbocycles. The summed E-state index contributed by atoms with van der Waals surface area (Å²) in [6.45, 7) is 0. The molecule has 1 N–H and O–H groups in total. The van der Waals surface area contributed by atoms with Crippen molar-refractivity contribution in [3.63, 3.8) is 0 Å². The van der Waals surface area contributed by atoms with Gasteiger partial charge in [0, 0.05) is 44.4 Å². The SMILES string of the molecule is O=[N+]([O-])c1ccc(Oc2c(-c3ccc(C(F)(F)F)cc3Cl)cc(C(F)(F)F)c(-c3ccc(C(F)(F)F)cc3Cl)c2Cl)cc1O. The van der Waals surface area contributed by atoms with Gasteiger partial charge in [-0.15, -0.1) is 0 Å². The fourth-order valence-electron chi connectivity index (χ4n) is 4.06. The van der Waals surface area contributed by atoms with Crippen LogP contribution in [0.3, 0.4) is 0 Å². The van der Waals surface area contributed by atoms with Crippen molar-refractivity contribution in [2.24, 2.45) is 0 Å². The van der Waals surface area contributed by atoms with Crippen LogP contribution in [0.4, 0.5) is 45.2 Å². The second-order valence-corrected chi connectivity index (χ2v) is 10.1. The van der Waals surface area contributed by atoms with Crippen molar-refractivity contribution in [2.45, 2.75) is 18.5 Å². The highest BCUT2D eigenvalue weighted by atomic mass is 35.5. The van der Waals surface area contributed by atoms with Crippen LogP contribution in [-0.2, 0) is 18.5 Å². The molecular formula is C27H11Cl3F9NO4. The second kappa shape index (κ2) is 11.6. The predicted molar refractivity (Wildman–Crippen MR) is 142 cm³/mol. The van der Waals surface area contributed by atoms with Crippen LogP contribution in [0.1, 0.15) is 16.7 Å². The van der Waals surface area contributed by atoms with Crippen LogP contribution in [-0.4, -0.2) is 10.0 Å². The third-order valence-electron chi connectivity index (χ3n) is 6.04. The number of phenols is 1. The molecule has 4 rings (SSSR count). The number of nitrogens with zero attached hydrogens (tertiary/aromatic N) is 1. The molecule has 4 aromatic carbocycles. The van der Waals surface area contributed by atoms with Crippen molar-refractivity contribution < 1.29 is 54.3 Å². The van der Waals surface area contributed by atoms with Crippen molar-refractivity contribution >= 4 is 40.5 Å². The molecule has 0 aliphatic rings. The highest BCUT2D eigenvalue weighted by Crippen LogP contribution is 2.53. The number of phenolic OH excluding ortho intramolecular Hbond substituents is 1. The molecule has 0 bridgehead atoms. The molecular weight excluding hydrogens is 680 g/mol. The van der Waals surface area contributed by atoms with Gasteiger partial charge in [0.1, 0.15) is 5.75 Å². The van der Waals surface area contributed by atoms with Crippen LogP contribution < -0.4 is 4.74 Å². The first-order valence-corrected chi connectivity index (χ1v) is 12.7. The minimum absolute atomic E-state index is 0.364. The van der Waals surface area contributed by atoms with E-state index >= 15 is 0 Å². The van der Waals surface area contributed by atoms with E-state index < -0.39 is 100 Å². The molecule has 0 spiro atoms. The smallest absolute Gasteiger partial charge is 0.417 e. The Morgan fingerprint density at radius 2 is 1.20 bits per heavy atom. The van der Waals surface area contributed by atoms with Gasteiger partial charge in [-0.2, -0.15) is 39.5 Å². The van der Waals surface area contributed by atoms with Gasteiger partial charge in [0.2, 0.25) is 0 Å². The summed E-state index contributed by atoms with van der Waals surface area (Å²) in [5, 5.41) is 18.7. The lowest BCUT2D eigenvalue weighted by atomic mass is 9.92. The van der Waals surface area contributed by atoms with Gasteiger partial charge in [-0.1, -0.05) is 46.9 Å². The molecule has 232 valence electrons. The van der Waals surface area contributed by atoms with Gasteiger partial charge >= 0.3 is 24.2 Å². The number of aromatic hydroxyl groups is 1. The molecule has 0 unspecified atom stereocenters. The third-order valence-corrected chi connectivity index (χ3v) is 7.03. The largest absolute Gasteiger partial charge is 0.502 e. The predicted octanol–water partition coefficient (Wildman–Crippen LogP) is 11.4. The van der Waals surface area contributed by atoms with E-state index in [4.69, 9.17) is 39.5 Å². The third kappa shape index (κ3) is 6.61. The average Bonchev–Trinajstić information content (AvgIpc) is 2.88. The maximum Gasteiger partial charge on any atom is 0.417 e. The number of alkyl halides is 9. The summed E-state index contributed by atoms with van der Waals surface area (Å²) in [5.74, 6) is -2.10. The zero-order chi connectivity index (χ0) is 32.9. The quantitative estimate of drug-likeness (QED) is 0.129.